The van der Waals surface area contributed by atoms with Crippen LogP contribution in [0.2, 0.25) is 0 Å². The minimum atomic E-state index is -0.145. The molecule has 0 fully saturated rings. The van der Waals surface area contributed by atoms with Gasteiger partial charge in [0.15, 0.2) is 0 Å². The molecule has 31 heavy (non-hydrogen) atoms. The minimum Gasteiger partial charge on any atom is -0.487 e. The zero-order valence-electron chi connectivity index (χ0n) is 18.1. The highest BCUT2D eigenvalue weighted by Crippen LogP contribution is 2.17. The van der Waals surface area contributed by atoms with Crippen LogP contribution in [0.4, 0.5) is 0 Å². The normalized spacial score (nSPS) is 11.2. The largest absolute Gasteiger partial charge is 0.487 e. The minimum absolute atomic E-state index is 0.145. The van der Waals surface area contributed by atoms with Crippen molar-refractivity contribution in [3.8, 4) is 5.75 Å². The number of carbonyl (C=O) groups excluding carboxylic acids is 1. The van der Waals surface area contributed by atoms with E-state index in [2.05, 4.69) is 16.4 Å². The molecule has 1 N–H and O–H groups in total. The third kappa shape index (κ3) is 8.00. The molecule has 1 aromatic heterocycles. The van der Waals surface area contributed by atoms with E-state index in [1.807, 2.05) is 68.6 Å². The molecular weight excluding hydrogens is 408 g/mol. The van der Waals surface area contributed by atoms with Gasteiger partial charge in [0.1, 0.15) is 12.4 Å². The number of hydrogen-bond donors (Lipinski definition) is 1. The SMILES string of the molecule is Cc1nc(COc2cccc(/C=C/C(=O)NCc3cccc(COC(C)C)c3)c2)cs1. The van der Waals surface area contributed by atoms with Crippen LogP contribution in [0.1, 0.15) is 41.2 Å². The first-order chi connectivity index (χ1) is 15.0. The van der Waals surface area contributed by atoms with Gasteiger partial charge in [0, 0.05) is 18.0 Å². The summed E-state index contributed by atoms with van der Waals surface area (Å²) in [7, 11) is 0. The van der Waals surface area contributed by atoms with Gasteiger partial charge in [-0.3, -0.25) is 4.79 Å². The van der Waals surface area contributed by atoms with Crippen LogP contribution in [-0.2, 0) is 29.3 Å². The lowest BCUT2D eigenvalue weighted by Crippen LogP contribution is -2.20. The van der Waals surface area contributed by atoms with Gasteiger partial charge in [0.2, 0.25) is 5.91 Å². The summed E-state index contributed by atoms with van der Waals surface area (Å²) in [6, 6.07) is 15.7. The fourth-order valence-corrected chi connectivity index (χ4v) is 3.45. The van der Waals surface area contributed by atoms with Gasteiger partial charge in [-0.25, -0.2) is 4.98 Å². The second-order valence-corrected chi connectivity index (χ2v) is 8.51. The number of hydrogen-bond acceptors (Lipinski definition) is 5. The Hall–Kier alpha value is -2.96. The molecule has 3 rings (SSSR count). The van der Waals surface area contributed by atoms with Crippen molar-refractivity contribution < 1.29 is 14.3 Å². The van der Waals surface area contributed by atoms with E-state index in [9.17, 15) is 4.79 Å². The number of aromatic nitrogens is 1. The number of thiazole rings is 1. The van der Waals surface area contributed by atoms with Crippen molar-refractivity contribution in [1.82, 2.24) is 10.3 Å². The number of rotatable bonds is 10. The van der Waals surface area contributed by atoms with Crippen molar-refractivity contribution in [3.05, 3.63) is 87.4 Å². The third-order valence-electron chi connectivity index (χ3n) is 4.38. The first-order valence-corrected chi connectivity index (χ1v) is 11.1. The molecule has 6 heteroatoms. The summed E-state index contributed by atoms with van der Waals surface area (Å²) in [6.07, 6.45) is 3.50. The molecule has 1 heterocycles. The molecular formula is C25H28N2O3S. The average molecular weight is 437 g/mol. The highest BCUT2D eigenvalue weighted by atomic mass is 32.1. The number of nitrogens with one attached hydrogen (secondary N) is 1. The summed E-state index contributed by atoms with van der Waals surface area (Å²) in [5.41, 5.74) is 3.96. The molecule has 0 aliphatic rings. The molecule has 5 nitrogen and oxygen atoms in total. The number of benzene rings is 2. The van der Waals surface area contributed by atoms with Crippen LogP contribution in [0.3, 0.4) is 0 Å². The molecule has 0 atom stereocenters. The van der Waals surface area contributed by atoms with Crippen molar-refractivity contribution in [2.45, 2.75) is 46.6 Å². The maximum Gasteiger partial charge on any atom is 0.244 e. The van der Waals surface area contributed by atoms with Gasteiger partial charge in [-0.1, -0.05) is 36.4 Å². The van der Waals surface area contributed by atoms with E-state index in [1.54, 1.807) is 17.4 Å². The Balaban J connectivity index is 1.49. The lowest BCUT2D eigenvalue weighted by molar-refractivity contribution is -0.116. The van der Waals surface area contributed by atoms with Gasteiger partial charge >= 0.3 is 0 Å². The second-order valence-electron chi connectivity index (χ2n) is 7.45. The fourth-order valence-electron chi connectivity index (χ4n) is 2.85. The van der Waals surface area contributed by atoms with Crippen LogP contribution in [0.15, 0.2) is 60.0 Å². The van der Waals surface area contributed by atoms with E-state index in [1.165, 1.54) is 6.08 Å². The van der Waals surface area contributed by atoms with E-state index < -0.39 is 0 Å². The number of amides is 1. The number of nitrogens with zero attached hydrogens (tertiary/aromatic N) is 1. The van der Waals surface area contributed by atoms with Crippen molar-refractivity contribution >= 4 is 23.3 Å². The predicted octanol–water partition coefficient (Wildman–Crippen LogP) is 5.29. The molecule has 0 aliphatic carbocycles. The maximum atomic E-state index is 12.2. The van der Waals surface area contributed by atoms with Gasteiger partial charge in [-0.05, 0) is 55.7 Å². The van der Waals surface area contributed by atoms with E-state index in [-0.39, 0.29) is 12.0 Å². The van der Waals surface area contributed by atoms with Crippen molar-refractivity contribution in [1.29, 1.82) is 0 Å². The second kappa shape index (κ2) is 11.4. The lowest BCUT2D eigenvalue weighted by Gasteiger charge is -2.09. The zero-order valence-corrected chi connectivity index (χ0v) is 18.9. The molecule has 0 saturated heterocycles. The first kappa shape index (κ1) is 22.7. The molecule has 0 saturated carbocycles. The van der Waals surface area contributed by atoms with Crippen LogP contribution >= 0.6 is 11.3 Å². The van der Waals surface area contributed by atoms with E-state index in [0.717, 1.165) is 33.1 Å². The Bertz CT molecular complexity index is 1030. The molecule has 162 valence electrons. The Morgan fingerprint density at radius 3 is 2.71 bits per heavy atom. The lowest BCUT2D eigenvalue weighted by atomic mass is 10.1. The molecule has 3 aromatic rings. The fraction of sp³-hybridized carbons (Fsp3) is 0.280. The summed E-state index contributed by atoms with van der Waals surface area (Å²) in [6.45, 7) is 7.47. The Labute approximate surface area is 187 Å². The third-order valence-corrected chi connectivity index (χ3v) is 5.20. The topological polar surface area (TPSA) is 60.5 Å². The number of carbonyl (C=O) groups is 1. The van der Waals surface area contributed by atoms with Crippen LogP contribution in [0.25, 0.3) is 6.08 Å². The monoisotopic (exact) mass is 436 g/mol. The molecule has 0 bridgehead atoms. The first-order valence-electron chi connectivity index (χ1n) is 10.3. The Morgan fingerprint density at radius 2 is 1.94 bits per heavy atom. The number of aryl methyl sites for hydroxylation is 1. The molecule has 0 spiro atoms. The molecule has 1 amide bonds. The van der Waals surface area contributed by atoms with Crippen LogP contribution in [0, 0.1) is 6.92 Å². The van der Waals surface area contributed by atoms with Crippen LogP contribution in [0.5, 0.6) is 5.75 Å². The van der Waals surface area contributed by atoms with Crippen molar-refractivity contribution in [2.24, 2.45) is 0 Å². The standard InChI is InChI=1S/C25H28N2O3S/c1-18(2)29-15-22-8-4-7-21(12-22)14-26-25(28)11-10-20-6-5-9-24(13-20)30-16-23-17-31-19(3)27-23/h4-13,17-18H,14-16H2,1-3H3,(H,26,28)/b11-10+. The summed E-state index contributed by atoms with van der Waals surface area (Å²) in [5.74, 6) is 0.599. The van der Waals surface area contributed by atoms with Crippen LogP contribution < -0.4 is 10.1 Å². The van der Waals surface area contributed by atoms with E-state index >= 15 is 0 Å². The van der Waals surface area contributed by atoms with Crippen LogP contribution in [-0.4, -0.2) is 17.0 Å². The highest BCUT2D eigenvalue weighted by Gasteiger charge is 2.02. The van der Waals surface area contributed by atoms with E-state index in [4.69, 9.17) is 9.47 Å². The van der Waals surface area contributed by atoms with E-state index in [0.29, 0.717) is 19.8 Å². The van der Waals surface area contributed by atoms with Gasteiger partial charge in [-0.15, -0.1) is 11.3 Å². The molecule has 0 aliphatic heterocycles. The summed E-state index contributed by atoms with van der Waals surface area (Å²) < 4.78 is 11.4. The molecule has 2 aromatic carbocycles. The molecule has 0 unspecified atom stereocenters. The number of ether oxygens (including phenoxy) is 2. The van der Waals surface area contributed by atoms with Crippen molar-refractivity contribution in [2.75, 3.05) is 0 Å². The quantitative estimate of drug-likeness (QED) is 0.439. The maximum absolute atomic E-state index is 12.2. The Kier molecular flexibility index (Phi) is 8.38. The van der Waals surface area contributed by atoms with Crippen molar-refractivity contribution in [3.63, 3.8) is 0 Å². The summed E-state index contributed by atoms with van der Waals surface area (Å²) in [5, 5.41) is 5.94. The molecule has 0 radical (unpaired) electrons. The van der Waals surface area contributed by atoms with Gasteiger partial charge in [0.05, 0.1) is 23.4 Å². The Morgan fingerprint density at radius 1 is 1.13 bits per heavy atom. The highest BCUT2D eigenvalue weighted by molar-refractivity contribution is 7.09. The average Bonchev–Trinajstić information content (AvgIpc) is 3.19. The van der Waals surface area contributed by atoms with Gasteiger partial charge in [-0.2, -0.15) is 0 Å². The summed E-state index contributed by atoms with van der Waals surface area (Å²) >= 11 is 1.61. The van der Waals surface area contributed by atoms with Gasteiger partial charge < -0.3 is 14.8 Å². The summed E-state index contributed by atoms with van der Waals surface area (Å²) in [4.78, 5) is 16.6. The predicted molar refractivity (Wildman–Crippen MR) is 125 cm³/mol. The smallest absolute Gasteiger partial charge is 0.244 e. The van der Waals surface area contributed by atoms with Gasteiger partial charge in [0.25, 0.3) is 0 Å². The zero-order chi connectivity index (χ0) is 22.1.